The van der Waals surface area contributed by atoms with Crippen molar-refractivity contribution in [3.05, 3.63) is 88.9 Å². The van der Waals surface area contributed by atoms with Crippen LogP contribution in [0.3, 0.4) is 0 Å². The Balaban J connectivity index is 1.82. The summed E-state index contributed by atoms with van der Waals surface area (Å²) in [5.41, 5.74) is 1.21. The summed E-state index contributed by atoms with van der Waals surface area (Å²) in [7, 11) is 1.56. The highest BCUT2D eigenvalue weighted by Crippen LogP contribution is 2.25. The molecule has 0 aliphatic rings. The van der Waals surface area contributed by atoms with Gasteiger partial charge in [0, 0.05) is 22.2 Å². The lowest BCUT2D eigenvalue weighted by molar-refractivity contribution is -0.122. The molecule has 0 heterocycles. The van der Waals surface area contributed by atoms with Gasteiger partial charge in [-0.3, -0.25) is 9.59 Å². The van der Waals surface area contributed by atoms with E-state index < -0.39 is 6.10 Å². The van der Waals surface area contributed by atoms with Gasteiger partial charge < -0.3 is 14.8 Å². The van der Waals surface area contributed by atoms with Crippen LogP contribution in [0, 0.1) is 0 Å². The molecule has 0 aliphatic carbocycles. The molecule has 3 aromatic carbocycles. The first kappa shape index (κ1) is 21.4. The molecule has 5 nitrogen and oxygen atoms in total. The standard InChI is InChI=1S/C24H22ClNO4/c1-3-22(30-19-11-7-10-18(15-19)29-2)24(28)26-21-13-12-17(25)14-20(21)23(27)16-8-5-4-6-9-16/h4-15,22H,3H2,1-2H3,(H,26,28)/t22-/m1/s1. The molecule has 1 amide bonds. The van der Waals surface area contributed by atoms with Gasteiger partial charge in [0.15, 0.2) is 11.9 Å². The Bertz CT molecular complexity index is 1040. The fraction of sp³-hybridized carbons (Fsp3) is 0.167. The van der Waals surface area contributed by atoms with E-state index in [1.165, 1.54) is 0 Å². The maximum atomic E-state index is 12.9. The van der Waals surface area contributed by atoms with E-state index in [0.29, 0.717) is 39.8 Å². The fourth-order valence-electron chi connectivity index (χ4n) is 2.93. The third-order valence-electron chi connectivity index (χ3n) is 4.50. The normalized spacial score (nSPS) is 11.4. The topological polar surface area (TPSA) is 64.6 Å². The second kappa shape index (κ2) is 9.94. The second-order valence-electron chi connectivity index (χ2n) is 6.57. The van der Waals surface area contributed by atoms with Crippen LogP contribution in [0.1, 0.15) is 29.3 Å². The molecule has 0 bridgehead atoms. The summed E-state index contributed by atoms with van der Waals surface area (Å²) in [6.45, 7) is 1.85. The van der Waals surface area contributed by atoms with Crippen LogP contribution in [0.25, 0.3) is 0 Å². The molecule has 1 atom stereocenters. The lowest BCUT2D eigenvalue weighted by atomic mass is 10.0. The average Bonchev–Trinajstić information content (AvgIpc) is 2.78. The molecule has 6 heteroatoms. The molecule has 0 saturated heterocycles. The van der Waals surface area contributed by atoms with E-state index in [-0.39, 0.29) is 11.7 Å². The van der Waals surface area contributed by atoms with Gasteiger partial charge in [0.05, 0.1) is 12.8 Å². The largest absolute Gasteiger partial charge is 0.497 e. The van der Waals surface area contributed by atoms with E-state index >= 15 is 0 Å². The van der Waals surface area contributed by atoms with E-state index in [0.717, 1.165) is 0 Å². The molecule has 0 radical (unpaired) electrons. The van der Waals surface area contributed by atoms with E-state index in [1.54, 1.807) is 73.8 Å². The van der Waals surface area contributed by atoms with Crippen molar-refractivity contribution >= 4 is 29.0 Å². The summed E-state index contributed by atoms with van der Waals surface area (Å²) in [6, 6.07) is 20.7. The van der Waals surface area contributed by atoms with Crippen molar-refractivity contribution in [2.45, 2.75) is 19.4 Å². The van der Waals surface area contributed by atoms with Crippen LogP contribution in [0.5, 0.6) is 11.5 Å². The number of methoxy groups -OCH3 is 1. The van der Waals surface area contributed by atoms with Crippen LogP contribution in [-0.4, -0.2) is 24.9 Å². The Morgan fingerprint density at radius 3 is 2.40 bits per heavy atom. The zero-order valence-electron chi connectivity index (χ0n) is 16.7. The van der Waals surface area contributed by atoms with Gasteiger partial charge in [-0.25, -0.2) is 0 Å². The average molecular weight is 424 g/mol. The quantitative estimate of drug-likeness (QED) is 0.494. The van der Waals surface area contributed by atoms with Crippen LogP contribution in [0.4, 0.5) is 5.69 Å². The van der Waals surface area contributed by atoms with Crippen molar-refractivity contribution in [1.29, 1.82) is 0 Å². The first-order valence-electron chi connectivity index (χ1n) is 9.52. The van der Waals surface area contributed by atoms with Gasteiger partial charge in [0.1, 0.15) is 11.5 Å². The Labute approximate surface area is 180 Å². The molecule has 154 valence electrons. The van der Waals surface area contributed by atoms with Crippen LogP contribution < -0.4 is 14.8 Å². The molecule has 0 spiro atoms. The van der Waals surface area contributed by atoms with Gasteiger partial charge >= 0.3 is 0 Å². The number of hydrogen-bond donors (Lipinski definition) is 1. The highest BCUT2D eigenvalue weighted by Gasteiger charge is 2.22. The Morgan fingerprint density at radius 1 is 0.967 bits per heavy atom. The lowest BCUT2D eigenvalue weighted by Crippen LogP contribution is -2.33. The predicted octanol–water partition coefficient (Wildman–Crippen LogP) is 5.38. The predicted molar refractivity (Wildman–Crippen MR) is 118 cm³/mol. The molecule has 0 saturated carbocycles. The minimum Gasteiger partial charge on any atom is -0.497 e. The van der Waals surface area contributed by atoms with Gasteiger partial charge in [0.2, 0.25) is 0 Å². The number of benzene rings is 3. The molecule has 3 aromatic rings. The molecule has 0 aliphatic heterocycles. The summed E-state index contributed by atoms with van der Waals surface area (Å²) < 4.78 is 11.0. The van der Waals surface area contributed by atoms with Crippen molar-refractivity contribution in [2.24, 2.45) is 0 Å². The van der Waals surface area contributed by atoms with E-state index in [4.69, 9.17) is 21.1 Å². The number of anilines is 1. The second-order valence-corrected chi connectivity index (χ2v) is 7.00. The van der Waals surface area contributed by atoms with Crippen LogP contribution in [-0.2, 0) is 4.79 Å². The Morgan fingerprint density at radius 2 is 1.70 bits per heavy atom. The highest BCUT2D eigenvalue weighted by molar-refractivity contribution is 6.31. The van der Waals surface area contributed by atoms with Gasteiger partial charge in [-0.05, 0) is 36.8 Å². The zero-order chi connectivity index (χ0) is 21.5. The molecule has 0 unspecified atom stereocenters. The number of hydrogen-bond acceptors (Lipinski definition) is 4. The molecule has 1 N–H and O–H groups in total. The smallest absolute Gasteiger partial charge is 0.265 e. The lowest BCUT2D eigenvalue weighted by Gasteiger charge is -2.19. The molecule has 3 rings (SSSR count). The SMILES string of the molecule is CC[C@@H](Oc1cccc(OC)c1)C(=O)Nc1ccc(Cl)cc1C(=O)c1ccccc1. The van der Waals surface area contributed by atoms with Crippen molar-refractivity contribution < 1.29 is 19.1 Å². The maximum absolute atomic E-state index is 12.9. The summed E-state index contributed by atoms with van der Waals surface area (Å²) in [5, 5.41) is 3.22. The monoisotopic (exact) mass is 423 g/mol. The summed E-state index contributed by atoms with van der Waals surface area (Å²) in [6.07, 6.45) is -0.300. The zero-order valence-corrected chi connectivity index (χ0v) is 17.5. The number of carbonyl (C=O) groups excluding carboxylic acids is 2. The van der Waals surface area contributed by atoms with Crippen LogP contribution in [0.2, 0.25) is 5.02 Å². The van der Waals surface area contributed by atoms with Gasteiger partial charge in [-0.2, -0.15) is 0 Å². The summed E-state index contributed by atoms with van der Waals surface area (Å²) in [4.78, 5) is 25.8. The third-order valence-corrected chi connectivity index (χ3v) is 4.74. The van der Waals surface area contributed by atoms with Crippen molar-refractivity contribution in [1.82, 2.24) is 0 Å². The van der Waals surface area contributed by atoms with Crippen molar-refractivity contribution in [2.75, 3.05) is 12.4 Å². The maximum Gasteiger partial charge on any atom is 0.265 e. The summed E-state index contributed by atoms with van der Waals surface area (Å²) >= 11 is 6.11. The van der Waals surface area contributed by atoms with Gasteiger partial charge in [0.25, 0.3) is 5.91 Å². The number of halogens is 1. The highest BCUT2D eigenvalue weighted by atomic mass is 35.5. The van der Waals surface area contributed by atoms with E-state index in [9.17, 15) is 9.59 Å². The van der Waals surface area contributed by atoms with Crippen molar-refractivity contribution in [3.63, 3.8) is 0 Å². The number of ketones is 1. The van der Waals surface area contributed by atoms with Crippen LogP contribution in [0.15, 0.2) is 72.8 Å². The third kappa shape index (κ3) is 5.19. The molecule has 0 fully saturated rings. The first-order chi connectivity index (χ1) is 14.5. The summed E-state index contributed by atoms with van der Waals surface area (Å²) in [5.74, 6) is 0.573. The van der Waals surface area contributed by atoms with Gasteiger partial charge in [-0.15, -0.1) is 0 Å². The first-order valence-corrected chi connectivity index (χ1v) is 9.90. The minimum absolute atomic E-state index is 0.227. The Hall–Kier alpha value is -3.31. The minimum atomic E-state index is -0.743. The van der Waals surface area contributed by atoms with E-state index in [2.05, 4.69) is 5.32 Å². The number of nitrogens with one attached hydrogen (secondary N) is 1. The van der Waals surface area contributed by atoms with E-state index in [1.807, 2.05) is 13.0 Å². The van der Waals surface area contributed by atoms with Crippen molar-refractivity contribution in [3.8, 4) is 11.5 Å². The fourth-order valence-corrected chi connectivity index (χ4v) is 3.10. The Kier molecular flexibility index (Phi) is 7.09. The van der Waals surface area contributed by atoms with Crippen LogP contribution >= 0.6 is 11.6 Å². The molecule has 0 aromatic heterocycles. The van der Waals surface area contributed by atoms with Gasteiger partial charge in [-0.1, -0.05) is 54.9 Å². The molecular weight excluding hydrogens is 402 g/mol. The number of ether oxygens (including phenoxy) is 2. The number of rotatable bonds is 8. The molecule has 30 heavy (non-hydrogen) atoms. The molecular formula is C24H22ClNO4. The number of carbonyl (C=O) groups is 2. The number of amides is 1.